The standard InChI is InChI=1S/C30H28O12/c1-17-12-19(4-6-21(17)32)29-30(28(37)27-24(35)14-20(31)15-25(27)42-29)41-16-39-9-8-38-10-11-40-26(36)7-3-18-2-5-22(33)23(34)13-18/h2-7,12-15,31-35H,8-11,16H2,1H3/b7-3+. The minimum absolute atomic E-state index is 0.0125. The van der Waals surface area contributed by atoms with Gasteiger partial charge in [-0.15, -0.1) is 0 Å². The van der Waals surface area contributed by atoms with E-state index in [9.17, 15) is 35.1 Å². The Morgan fingerprint density at radius 1 is 0.833 bits per heavy atom. The van der Waals surface area contributed by atoms with Crippen LogP contribution in [0.1, 0.15) is 11.1 Å². The van der Waals surface area contributed by atoms with Gasteiger partial charge in [0.1, 0.15) is 34.8 Å². The molecule has 4 aromatic rings. The van der Waals surface area contributed by atoms with Crippen molar-refractivity contribution in [2.75, 3.05) is 33.2 Å². The normalized spacial score (nSPS) is 11.3. The Morgan fingerprint density at radius 2 is 1.57 bits per heavy atom. The number of rotatable bonds is 12. The topological polar surface area (TPSA) is 185 Å². The third-order valence-electron chi connectivity index (χ3n) is 5.92. The summed E-state index contributed by atoms with van der Waals surface area (Å²) in [6, 6.07) is 10.9. The quantitative estimate of drug-likeness (QED) is 0.0535. The lowest BCUT2D eigenvalue weighted by Crippen LogP contribution is -2.16. The third-order valence-corrected chi connectivity index (χ3v) is 5.92. The molecular formula is C30H28O12. The van der Waals surface area contributed by atoms with Crippen LogP contribution in [0.15, 0.2) is 63.8 Å². The second-order valence-corrected chi connectivity index (χ2v) is 8.96. The molecule has 12 nitrogen and oxygen atoms in total. The number of fused-ring (bicyclic) bond motifs is 1. The van der Waals surface area contributed by atoms with Gasteiger partial charge in [-0.1, -0.05) is 6.07 Å². The molecule has 0 unspecified atom stereocenters. The van der Waals surface area contributed by atoms with E-state index in [2.05, 4.69) is 0 Å². The molecule has 0 spiro atoms. The molecule has 0 aliphatic heterocycles. The van der Waals surface area contributed by atoms with Crippen molar-refractivity contribution in [3.8, 4) is 45.8 Å². The molecule has 0 fully saturated rings. The highest BCUT2D eigenvalue weighted by Gasteiger charge is 2.21. The number of hydrogen-bond acceptors (Lipinski definition) is 12. The lowest BCUT2D eigenvalue weighted by molar-refractivity contribution is -0.139. The third kappa shape index (κ3) is 7.30. The van der Waals surface area contributed by atoms with Crippen molar-refractivity contribution in [3.63, 3.8) is 0 Å². The molecule has 0 bridgehead atoms. The van der Waals surface area contributed by atoms with Crippen LogP contribution >= 0.6 is 0 Å². The molecule has 12 heteroatoms. The fourth-order valence-electron chi connectivity index (χ4n) is 3.82. The van der Waals surface area contributed by atoms with Gasteiger partial charge in [-0.25, -0.2) is 4.79 Å². The molecule has 42 heavy (non-hydrogen) atoms. The van der Waals surface area contributed by atoms with Crippen LogP contribution in [0.3, 0.4) is 0 Å². The van der Waals surface area contributed by atoms with E-state index in [1.165, 1.54) is 48.6 Å². The summed E-state index contributed by atoms with van der Waals surface area (Å²) in [5.41, 5.74) is 0.688. The molecule has 0 radical (unpaired) electrons. The maximum absolute atomic E-state index is 13.2. The van der Waals surface area contributed by atoms with Gasteiger partial charge >= 0.3 is 5.97 Å². The highest BCUT2D eigenvalue weighted by atomic mass is 16.7. The summed E-state index contributed by atoms with van der Waals surface area (Å²) in [7, 11) is 0. The van der Waals surface area contributed by atoms with Crippen LogP contribution in [0, 0.1) is 6.92 Å². The fraction of sp³-hybridized carbons (Fsp3) is 0.200. The SMILES string of the molecule is Cc1cc(-c2oc3cc(O)cc(O)c3c(=O)c2OCOCCOCCOC(=O)/C=C/c2ccc(O)c(O)c2)ccc1O. The van der Waals surface area contributed by atoms with Gasteiger partial charge < -0.3 is 48.9 Å². The van der Waals surface area contributed by atoms with Crippen molar-refractivity contribution in [1.29, 1.82) is 0 Å². The number of esters is 1. The van der Waals surface area contributed by atoms with Gasteiger partial charge in [-0.3, -0.25) is 4.79 Å². The highest BCUT2D eigenvalue weighted by Crippen LogP contribution is 2.36. The van der Waals surface area contributed by atoms with E-state index < -0.39 is 17.1 Å². The molecule has 0 saturated heterocycles. The molecule has 5 N–H and O–H groups in total. The van der Waals surface area contributed by atoms with Crippen LogP contribution in [0.5, 0.6) is 34.5 Å². The summed E-state index contributed by atoms with van der Waals surface area (Å²) in [4.78, 5) is 25.0. The van der Waals surface area contributed by atoms with Crippen LogP contribution in [0.25, 0.3) is 28.4 Å². The van der Waals surface area contributed by atoms with Crippen LogP contribution < -0.4 is 10.2 Å². The van der Waals surface area contributed by atoms with E-state index in [4.69, 9.17) is 23.4 Å². The smallest absolute Gasteiger partial charge is 0.330 e. The average molecular weight is 581 g/mol. The summed E-state index contributed by atoms with van der Waals surface area (Å²) in [5.74, 6) is -2.15. The molecule has 4 rings (SSSR count). The van der Waals surface area contributed by atoms with E-state index in [1.807, 2.05) is 0 Å². The van der Waals surface area contributed by atoms with Crippen molar-refractivity contribution < 1.29 is 53.7 Å². The van der Waals surface area contributed by atoms with Gasteiger partial charge in [0.05, 0.1) is 19.8 Å². The largest absolute Gasteiger partial charge is 0.508 e. The maximum atomic E-state index is 13.2. The molecule has 1 heterocycles. The minimum Gasteiger partial charge on any atom is -0.508 e. The van der Waals surface area contributed by atoms with E-state index >= 15 is 0 Å². The Labute approximate surface area is 238 Å². The van der Waals surface area contributed by atoms with E-state index in [1.54, 1.807) is 13.0 Å². The summed E-state index contributed by atoms with van der Waals surface area (Å²) >= 11 is 0. The summed E-state index contributed by atoms with van der Waals surface area (Å²) in [5, 5.41) is 48.6. The maximum Gasteiger partial charge on any atom is 0.330 e. The first-order chi connectivity index (χ1) is 20.1. The first-order valence-corrected chi connectivity index (χ1v) is 12.6. The van der Waals surface area contributed by atoms with Crippen LogP contribution in [-0.2, 0) is 19.0 Å². The van der Waals surface area contributed by atoms with Crippen LogP contribution in [0.2, 0.25) is 0 Å². The van der Waals surface area contributed by atoms with Gasteiger partial charge in [0.2, 0.25) is 11.2 Å². The molecule has 0 atom stereocenters. The number of carbonyl (C=O) groups excluding carboxylic acids is 1. The number of ether oxygens (including phenoxy) is 4. The second kappa shape index (κ2) is 13.4. The van der Waals surface area contributed by atoms with Crippen LogP contribution in [-0.4, -0.2) is 64.7 Å². The lowest BCUT2D eigenvalue weighted by Gasteiger charge is -2.13. The van der Waals surface area contributed by atoms with Gasteiger partial charge in [-0.2, -0.15) is 0 Å². The first-order valence-electron chi connectivity index (χ1n) is 12.6. The average Bonchev–Trinajstić information content (AvgIpc) is 2.94. The van der Waals surface area contributed by atoms with E-state index in [-0.39, 0.29) is 78.7 Å². The number of carbonyl (C=O) groups is 1. The molecule has 0 aliphatic rings. The lowest BCUT2D eigenvalue weighted by atomic mass is 10.1. The van der Waals surface area contributed by atoms with Crippen molar-refractivity contribution >= 4 is 23.0 Å². The predicted octanol–water partition coefficient (Wildman–Crippen LogP) is 3.92. The second-order valence-electron chi connectivity index (χ2n) is 8.96. The number of hydrogen-bond donors (Lipinski definition) is 5. The first kappa shape index (κ1) is 29.8. The van der Waals surface area contributed by atoms with Gasteiger partial charge in [0.25, 0.3) is 0 Å². The van der Waals surface area contributed by atoms with Crippen molar-refractivity contribution in [2.24, 2.45) is 0 Å². The Hall–Kier alpha value is -5.20. The van der Waals surface area contributed by atoms with Crippen molar-refractivity contribution in [3.05, 3.63) is 76.0 Å². The summed E-state index contributed by atoms with van der Waals surface area (Å²) in [6.45, 7) is 1.57. The zero-order valence-electron chi connectivity index (χ0n) is 22.4. The van der Waals surface area contributed by atoms with Crippen LogP contribution in [0.4, 0.5) is 0 Å². The zero-order valence-corrected chi connectivity index (χ0v) is 22.4. The Kier molecular flexibility index (Phi) is 9.53. The summed E-state index contributed by atoms with van der Waals surface area (Å²) < 4.78 is 27.2. The minimum atomic E-state index is -0.688. The summed E-state index contributed by atoms with van der Waals surface area (Å²) in [6.07, 6.45) is 2.59. The monoisotopic (exact) mass is 580 g/mol. The number of phenols is 5. The highest BCUT2D eigenvalue weighted by molar-refractivity contribution is 5.88. The molecular weight excluding hydrogens is 552 g/mol. The van der Waals surface area contributed by atoms with E-state index in [0.29, 0.717) is 16.7 Å². The van der Waals surface area contributed by atoms with Crippen molar-refractivity contribution in [2.45, 2.75) is 6.92 Å². The Morgan fingerprint density at radius 3 is 2.33 bits per heavy atom. The number of aromatic hydroxyl groups is 5. The molecule has 3 aromatic carbocycles. The predicted molar refractivity (Wildman–Crippen MR) is 150 cm³/mol. The Balaban J connectivity index is 1.28. The molecule has 220 valence electrons. The van der Waals surface area contributed by atoms with E-state index in [0.717, 1.165) is 6.07 Å². The zero-order chi connectivity index (χ0) is 30.2. The fourth-order valence-corrected chi connectivity index (χ4v) is 3.82. The molecule has 0 amide bonds. The molecule has 0 saturated carbocycles. The number of benzene rings is 3. The number of aryl methyl sites for hydroxylation is 1. The molecule has 1 aromatic heterocycles. The van der Waals surface area contributed by atoms with Gasteiger partial charge in [0, 0.05) is 23.8 Å². The molecule has 0 aliphatic carbocycles. The Bertz CT molecular complexity index is 1670. The number of phenolic OH excluding ortho intramolecular Hbond substituents is 5. The van der Waals surface area contributed by atoms with Crippen molar-refractivity contribution in [1.82, 2.24) is 0 Å². The van der Waals surface area contributed by atoms with Gasteiger partial charge in [0.15, 0.2) is 24.1 Å². The van der Waals surface area contributed by atoms with Gasteiger partial charge in [-0.05, 0) is 54.5 Å².